The van der Waals surface area contributed by atoms with Crippen molar-refractivity contribution in [2.75, 3.05) is 9.80 Å². The third-order valence-electron chi connectivity index (χ3n) is 13.8. The molecule has 0 atom stereocenters. The van der Waals surface area contributed by atoms with E-state index in [2.05, 4.69) is 236 Å². The maximum atomic E-state index is 2.52. The molecule has 0 saturated carbocycles. The van der Waals surface area contributed by atoms with Crippen molar-refractivity contribution >= 4 is 79.0 Å². The van der Waals surface area contributed by atoms with Crippen LogP contribution < -0.4 is 26.2 Å². The summed E-state index contributed by atoms with van der Waals surface area (Å²) in [6, 6.07) is 71.7. The molecule has 0 spiro atoms. The average Bonchev–Trinajstić information content (AvgIpc) is 3.63. The van der Waals surface area contributed by atoms with Gasteiger partial charge in [0.25, 0.3) is 0 Å². The Labute approximate surface area is 376 Å². The second-order valence-corrected chi connectivity index (χ2v) is 18.0. The number of hydrogen-bond donors (Lipinski definition) is 0. The normalized spacial score (nSPS) is 12.5. The Morgan fingerprint density at radius 2 is 0.734 bits per heavy atom. The Balaban J connectivity index is 1.10. The van der Waals surface area contributed by atoms with E-state index < -0.39 is 0 Å². The first-order valence-corrected chi connectivity index (χ1v) is 22.6. The zero-order valence-corrected chi connectivity index (χ0v) is 36.8. The maximum absolute atomic E-state index is 2.52. The molecule has 2 aliphatic rings. The Bertz CT molecular complexity index is 3190. The molecule has 3 nitrogen and oxygen atoms in total. The van der Waals surface area contributed by atoms with Crippen LogP contribution in [0.2, 0.25) is 0 Å². The summed E-state index contributed by atoms with van der Waals surface area (Å²) < 4.78 is 2.52. The van der Waals surface area contributed by atoms with Gasteiger partial charge in [-0.3, -0.25) is 0 Å². The van der Waals surface area contributed by atoms with Crippen molar-refractivity contribution in [3.05, 3.63) is 239 Å². The van der Waals surface area contributed by atoms with E-state index in [-0.39, 0.29) is 6.71 Å². The van der Waals surface area contributed by atoms with Crippen LogP contribution in [0.25, 0.3) is 27.5 Å². The summed E-state index contributed by atoms with van der Waals surface area (Å²) in [5, 5.41) is 2.42. The molecule has 64 heavy (non-hydrogen) atoms. The number of aryl methyl sites for hydroxylation is 4. The number of nitrogens with zero attached hydrogens (tertiary/aromatic N) is 3. The van der Waals surface area contributed by atoms with Gasteiger partial charge in [-0.25, -0.2) is 0 Å². The van der Waals surface area contributed by atoms with E-state index in [1.54, 1.807) is 5.46 Å². The molecule has 0 saturated heterocycles. The van der Waals surface area contributed by atoms with Crippen molar-refractivity contribution in [1.82, 2.24) is 4.57 Å². The fourth-order valence-electron chi connectivity index (χ4n) is 11.4. The lowest BCUT2D eigenvalue weighted by atomic mass is 9.29. The molecule has 1 aromatic heterocycles. The summed E-state index contributed by atoms with van der Waals surface area (Å²) in [5.41, 5.74) is 26.2. The highest BCUT2D eigenvalue weighted by Gasteiger charge is 2.39. The SMILES string of the molecule is Cc1cc(C)c2c(c1)Cc1cc(C)cc3c1B2c1c(C)cc(-n2c4ccc(N(c5ccccc5)c5ccccc5)cc4c4cc(N(c5ccccc5)c5ccccc5)ccc42)cc1C3. The van der Waals surface area contributed by atoms with Gasteiger partial charge in [0.15, 0.2) is 0 Å². The Morgan fingerprint density at radius 1 is 0.359 bits per heavy atom. The van der Waals surface area contributed by atoms with Gasteiger partial charge >= 0.3 is 0 Å². The van der Waals surface area contributed by atoms with Crippen molar-refractivity contribution in [2.45, 2.75) is 40.5 Å². The van der Waals surface area contributed by atoms with Gasteiger partial charge in [0.05, 0.1) is 11.0 Å². The standard InChI is InChI=1S/C60H48BN3/c1-39-29-41(3)58-43(30-39)34-44-31-40(2)32-45-35-46-36-53(33-42(4)59(46)61(58)60(44)45)64-56-27-25-51(62(47-17-9-5-10-18-47)48-19-11-6-12-20-48)37-54(56)55-38-52(26-28-57(55)64)63(49-21-13-7-14-22-49)50-23-15-8-16-24-50/h5-33,36-38H,34-35H2,1-4H3. The molecule has 9 aromatic carbocycles. The zero-order chi connectivity index (χ0) is 43.1. The first-order chi connectivity index (χ1) is 31.4. The molecule has 0 amide bonds. The summed E-state index contributed by atoms with van der Waals surface area (Å²) in [7, 11) is 0. The molecule has 2 aliphatic heterocycles. The van der Waals surface area contributed by atoms with Crippen LogP contribution in [0.3, 0.4) is 0 Å². The van der Waals surface area contributed by atoms with Gasteiger partial charge in [-0.2, -0.15) is 0 Å². The maximum Gasteiger partial charge on any atom is 0.243 e. The van der Waals surface area contributed by atoms with Crippen LogP contribution in [0, 0.1) is 27.7 Å². The second-order valence-electron chi connectivity index (χ2n) is 18.0. The van der Waals surface area contributed by atoms with E-state index in [0.717, 1.165) is 47.0 Å². The van der Waals surface area contributed by atoms with Gasteiger partial charge in [0.2, 0.25) is 6.71 Å². The Kier molecular flexibility index (Phi) is 8.98. The number of aromatic nitrogens is 1. The van der Waals surface area contributed by atoms with Crippen LogP contribution in [0.15, 0.2) is 194 Å². The molecule has 4 heteroatoms. The molecule has 0 radical (unpaired) electrons. The van der Waals surface area contributed by atoms with E-state index in [4.69, 9.17) is 0 Å². The fraction of sp³-hybridized carbons (Fsp3) is 0.100. The van der Waals surface area contributed by atoms with E-state index in [1.807, 2.05) is 0 Å². The van der Waals surface area contributed by atoms with Gasteiger partial charge in [0.1, 0.15) is 0 Å². The number of benzene rings is 9. The van der Waals surface area contributed by atoms with E-state index in [0.29, 0.717) is 0 Å². The number of fused-ring (bicyclic) bond motifs is 7. The van der Waals surface area contributed by atoms with Crippen LogP contribution in [0.5, 0.6) is 0 Å². The lowest BCUT2D eigenvalue weighted by Crippen LogP contribution is -2.62. The molecule has 0 bridgehead atoms. The average molecular weight is 822 g/mol. The largest absolute Gasteiger partial charge is 0.310 e. The molecule has 306 valence electrons. The monoisotopic (exact) mass is 821 g/mol. The number of anilines is 6. The van der Waals surface area contributed by atoms with Gasteiger partial charge in [-0.05, 0) is 160 Å². The summed E-state index contributed by atoms with van der Waals surface area (Å²) >= 11 is 0. The molecular weight excluding hydrogens is 773 g/mol. The molecular formula is C60H48BN3. The van der Waals surface area contributed by atoms with E-state index in [9.17, 15) is 0 Å². The van der Waals surface area contributed by atoms with Crippen LogP contribution in [-0.4, -0.2) is 11.3 Å². The number of hydrogen-bond acceptors (Lipinski definition) is 2. The van der Waals surface area contributed by atoms with E-state index >= 15 is 0 Å². The summed E-state index contributed by atoms with van der Waals surface area (Å²) in [6.45, 7) is 9.44. The Hall–Kier alpha value is -7.56. The molecule has 0 aliphatic carbocycles. The van der Waals surface area contributed by atoms with Gasteiger partial charge in [0, 0.05) is 50.6 Å². The lowest BCUT2D eigenvalue weighted by Gasteiger charge is -2.36. The first kappa shape index (κ1) is 38.1. The third-order valence-corrected chi connectivity index (χ3v) is 13.8. The van der Waals surface area contributed by atoms with Gasteiger partial charge in [-0.15, -0.1) is 0 Å². The minimum absolute atomic E-state index is 0.236. The molecule has 3 heterocycles. The molecule has 10 aromatic rings. The fourth-order valence-corrected chi connectivity index (χ4v) is 11.4. The van der Waals surface area contributed by atoms with Crippen LogP contribution >= 0.6 is 0 Å². The Morgan fingerprint density at radius 3 is 1.17 bits per heavy atom. The van der Waals surface area contributed by atoms with Crippen LogP contribution in [0.4, 0.5) is 34.1 Å². The minimum Gasteiger partial charge on any atom is -0.310 e. The zero-order valence-electron chi connectivity index (χ0n) is 36.8. The molecule has 12 rings (SSSR count). The topological polar surface area (TPSA) is 11.4 Å². The summed E-state index contributed by atoms with van der Waals surface area (Å²) in [6.07, 6.45) is 1.94. The lowest BCUT2D eigenvalue weighted by molar-refractivity contribution is 1.10. The van der Waals surface area contributed by atoms with Crippen molar-refractivity contribution in [2.24, 2.45) is 0 Å². The summed E-state index contributed by atoms with van der Waals surface area (Å²) in [4.78, 5) is 4.74. The van der Waals surface area contributed by atoms with Crippen LogP contribution in [0.1, 0.15) is 44.5 Å². The molecule has 0 fully saturated rings. The van der Waals surface area contributed by atoms with Crippen molar-refractivity contribution < 1.29 is 0 Å². The van der Waals surface area contributed by atoms with Crippen molar-refractivity contribution in [3.63, 3.8) is 0 Å². The van der Waals surface area contributed by atoms with E-state index in [1.165, 1.54) is 82.9 Å². The predicted molar refractivity (Wildman–Crippen MR) is 272 cm³/mol. The molecule has 0 unspecified atom stereocenters. The second kappa shape index (κ2) is 15.1. The smallest absolute Gasteiger partial charge is 0.243 e. The summed E-state index contributed by atoms with van der Waals surface area (Å²) in [5.74, 6) is 0. The third kappa shape index (κ3) is 6.19. The number of para-hydroxylation sites is 4. The van der Waals surface area contributed by atoms with Gasteiger partial charge < -0.3 is 14.4 Å². The van der Waals surface area contributed by atoms with Crippen molar-refractivity contribution in [1.29, 1.82) is 0 Å². The predicted octanol–water partition coefficient (Wildman–Crippen LogP) is 13.3. The van der Waals surface area contributed by atoms with Gasteiger partial charge in [-0.1, -0.05) is 136 Å². The number of rotatable bonds is 7. The van der Waals surface area contributed by atoms with Crippen LogP contribution in [-0.2, 0) is 12.8 Å². The minimum atomic E-state index is 0.236. The quantitative estimate of drug-likeness (QED) is 0.148. The molecule has 0 N–H and O–H groups in total. The van der Waals surface area contributed by atoms with Crippen molar-refractivity contribution in [3.8, 4) is 5.69 Å². The highest BCUT2D eigenvalue weighted by molar-refractivity contribution is 6.97. The highest BCUT2D eigenvalue weighted by atomic mass is 15.1. The highest BCUT2D eigenvalue weighted by Crippen LogP contribution is 2.43. The first-order valence-electron chi connectivity index (χ1n) is 22.6.